The molecule has 2 aromatic carbocycles. The Morgan fingerprint density at radius 3 is 2.52 bits per heavy atom. The van der Waals surface area contributed by atoms with Crippen LogP contribution in [-0.2, 0) is 6.54 Å². The van der Waals surface area contributed by atoms with E-state index in [1.807, 2.05) is 59.3 Å². The number of rotatable bonds is 5. The number of hydrogen-bond acceptors (Lipinski definition) is 5. The van der Waals surface area contributed by atoms with E-state index in [1.54, 1.807) is 23.9 Å². The van der Waals surface area contributed by atoms with Crippen LogP contribution in [0.15, 0.2) is 73.2 Å². The van der Waals surface area contributed by atoms with E-state index < -0.39 is 5.91 Å². The molecule has 0 saturated carbocycles. The summed E-state index contributed by atoms with van der Waals surface area (Å²) in [6, 6.07) is 18.9. The summed E-state index contributed by atoms with van der Waals surface area (Å²) in [5.74, 6) is 0.220. The third kappa shape index (κ3) is 3.49. The molecule has 0 fully saturated rings. The van der Waals surface area contributed by atoms with E-state index in [2.05, 4.69) is 15.3 Å². The van der Waals surface area contributed by atoms with Gasteiger partial charge in [0.05, 0.1) is 5.39 Å². The van der Waals surface area contributed by atoms with Crippen LogP contribution in [0.5, 0.6) is 0 Å². The molecule has 134 valence electrons. The van der Waals surface area contributed by atoms with E-state index in [-0.39, 0.29) is 0 Å². The summed E-state index contributed by atoms with van der Waals surface area (Å²) in [6.45, 7) is 0.603. The highest BCUT2D eigenvalue weighted by molar-refractivity contribution is 5.93. The molecular weight excluding hydrogens is 342 g/mol. The van der Waals surface area contributed by atoms with Crippen molar-refractivity contribution in [1.29, 1.82) is 0 Å². The fourth-order valence-corrected chi connectivity index (χ4v) is 2.91. The number of aromatic nitrogens is 3. The van der Waals surface area contributed by atoms with Crippen molar-refractivity contribution in [1.82, 2.24) is 20.0 Å². The van der Waals surface area contributed by atoms with Crippen LogP contribution < -0.4 is 10.8 Å². The highest BCUT2D eigenvalue weighted by Crippen LogP contribution is 2.24. The van der Waals surface area contributed by atoms with E-state index >= 15 is 0 Å². The minimum atomic E-state index is -0.530. The standard InChI is InChI=1S/C20H17N5O2/c26-20(24-27)15-8-6-14(7-9-15)12-25-11-10-17-18(21-13-22-19(17)25)23-16-4-2-1-3-5-16/h1-11,13,27H,12H2,(H,24,26)(H,21,22,23). The summed E-state index contributed by atoms with van der Waals surface area (Å²) in [6.07, 6.45) is 3.50. The second kappa shape index (κ2) is 7.27. The molecule has 0 aliphatic heterocycles. The van der Waals surface area contributed by atoms with Gasteiger partial charge in [-0.1, -0.05) is 30.3 Å². The monoisotopic (exact) mass is 359 g/mol. The summed E-state index contributed by atoms with van der Waals surface area (Å²) in [5.41, 5.74) is 4.82. The number of carbonyl (C=O) groups is 1. The molecule has 4 aromatic rings. The number of carbonyl (C=O) groups excluding carboxylic acids is 1. The van der Waals surface area contributed by atoms with Crippen LogP contribution in [0.1, 0.15) is 15.9 Å². The number of benzene rings is 2. The average molecular weight is 359 g/mol. The van der Waals surface area contributed by atoms with Gasteiger partial charge in [-0.25, -0.2) is 15.4 Å². The van der Waals surface area contributed by atoms with Gasteiger partial charge < -0.3 is 9.88 Å². The first-order chi connectivity index (χ1) is 13.2. The quantitative estimate of drug-likeness (QED) is 0.375. The molecule has 4 rings (SSSR count). The third-order valence-electron chi connectivity index (χ3n) is 4.26. The normalized spacial score (nSPS) is 10.7. The van der Waals surface area contributed by atoms with Crippen LogP contribution in [0, 0.1) is 0 Å². The minimum Gasteiger partial charge on any atom is -0.340 e. The Hall–Kier alpha value is -3.71. The van der Waals surface area contributed by atoms with Crippen LogP contribution in [0.2, 0.25) is 0 Å². The number of nitrogens with zero attached hydrogens (tertiary/aromatic N) is 3. The summed E-state index contributed by atoms with van der Waals surface area (Å²) in [4.78, 5) is 20.2. The zero-order valence-corrected chi connectivity index (χ0v) is 14.3. The van der Waals surface area contributed by atoms with Crippen LogP contribution in [0.4, 0.5) is 11.5 Å². The maximum absolute atomic E-state index is 11.4. The van der Waals surface area contributed by atoms with Gasteiger partial charge in [-0.2, -0.15) is 0 Å². The van der Waals surface area contributed by atoms with Gasteiger partial charge in [-0.3, -0.25) is 10.0 Å². The van der Waals surface area contributed by atoms with Crippen molar-refractivity contribution in [2.24, 2.45) is 0 Å². The molecule has 2 heterocycles. The number of fused-ring (bicyclic) bond motifs is 1. The Labute approximate surface area is 155 Å². The van der Waals surface area contributed by atoms with Crippen molar-refractivity contribution in [3.05, 3.63) is 84.3 Å². The second-order valence-corrected chi connectivity index (χ2v) is 6.03. The summed E-state index contributed by atoms with van der Waals surface area (Å²) in [7, 11) is 0. The fourth-order valence-electron chi connectivity index (χ4n) is 2.91. The van der Waals surface area contributed by atoms with Crippen molar-refractivity contribution in [2.75, 3.05) is 5.32 Å². The Bertz CT molecular complexity index is 1070. The third-order valence-corrected chi connectivity index (χ3v) is 4.26. The number of hydrogen-bond donors (Lipinski definition) is 3. The van der Waals surface area contributed by atoms with Gasteiger partial charge in [0.2, 0.25) is 0 Å². The maximum Gasteiger partial charge on any atom is 0.274 e. The number of para-hydroxylation sites is 1. The first-order valence-electron chi connectivity index (χ1n) is 8.40. The van der Waals surface area contributed by atoms with Crippen LogP contribution in [-0.4, -0.2) is 25.6 Å². The highest BCUT2D eigenvalue weighted by Gasteiger charge is 2.10. The molecular formula is C20H17N5O2. The molecule has 0 radical (unpaired) electrons. The molecule has 2 aromatic heterocycles. The number of amides is 1. The molecule has 0 aliphatic carbocycles. The Morgan fingerprint density at radius 2 is 1.78 bits per heavy atom. The van der Waals surface area contributed by atoms with E-state index in [0.29, 0.717) is 12.1 Å². The predicted octanol–water partition coefficient (Wildman–Crippen LogP) is 3.34. The lowest BCUT2D eigenvalue weighted by Crippen LogP contribution is -2.18. The number of nitrogens with one attached hydrogen (secondary N) is 2. The lowest BCUT2D eigenvalue weighted by molar-refractivity contribution is 0.0706. The maximum atomic E-state index is 11.4. The van der Waals surface area contributed by atoms with Crippen LogP contribution >= 0.6 is 0 Å². The Balaban J connectivity index is 1.60. The molecule has 0 atom stereocenters. The predicted molar refractivity (Wildman–Crippen MR) is 102 cm³/mol. The molecule has 0 saturated heterocycles. The Morgan fingerprint density at radius 1 is 1.00 bits per heavy atom. The van der Waals surface area contributed by atoms with E-state index in [4.69, 9.17) is 5.21 Å². The molecule has 1 amide bonds. The van der Waals surface area contributed by atoms with Gasteiger partial charge in [0.1, 0.15) is 17.8 Å². The summed E-state index contributed by atoms with van der Waals surface area (Å²) in [5, 5.41) is 12.9. The lowest BCUT2D eigenvalue weighted by atomic mass is 10.1. The van der Waals surface area contributed by atoms with Crippen molar-refractivity contribution < 1.29 is 10.0 Å². The van der Waals surface area contributed by atoms with Crippen LogP contribution in [0.25, 0.3) is 11.0 Å². The van der Waals surface area contributed by atoms with Crippen LogP contribution in [0.3, 0.4) is 0 Å². The lowest BCUT2D eigenvalue weighted by Gasteiger charge is -2.08. The smallest absolute Gasteiger partial charge is 0.274 e. The zero-order valence-electron chi connectivity index (χ0n) is 14.3. The largest absolute Gasteiger partial charge is 0.340 e. The molecule has 7 heteroatoms. The molecule has 27 heavy (non-hydrogen) atoms. The zero-order chi connectivity index (χ0) is 18.6. The van der Waals surface area contributed by atoms with Gasteiger partial charge in [-0.05, 0) is 35.9 Å². The molecule has 0 unspecified atom stereocenters. The van der Waals surface area contributed by atoms with Gasteiger partial charge in [0.25, 0.3) is 5.91 Å². The van der Waals surface area contributed by atoms with E-state index in [9.17, 15) is 4.79 Å². The van der Waals surface area contributed by atoms with E-state index in [1.165, 1.54) is 0 Å². The van der Waals surface area contributed by atoms with Gasteiger partial charge in [0.15, 0.2) is 0 Å². The van der Waals surface area contributed by atoms with Gasteiger partial charge in [0, 0.05) is 24.0 Å². The first-order valence-corrected chi connectivity index (χ1v) is 8.40. The topological polar surface area (TPSA) is 92.1 Å². The van der Waals surface area contributed by atoms with Gasteiger partial charge in [-0.15, -0.1) is 0 Å². The minimum absolute atomic E-state index is 0.398. The molecule has 0 spiro atoms. The highest BCUT2D eigenvalue weighted by atomic mass is 16.5. The molecule has 0 bridgehead atoms. The van der Waals surface area contributed by atoms with Gasteiger partial charge >= 0.3 is 0 Å². The first kappa shape index (κ1) is 16.7. The SMILES string of the molecule is O=C(NO)c1ccc(Cn2ccc3c(Nc4ccccc4)ncnc32)cc1. The number of anilines is 2. The fraction of sp³-hybridized carbons (Fsp3) is 0.0500. The van der Waals surface area contributed by atoms with Crippen molar-refractivity contribution in [3.63, 3.8) is 0 Å². The molecule has 0 aliphatic rings. The Kier molecular flexibility index (Phi) is 4.51. The van der Waals surface area contributed by atoms with Crippen molar-refractivity contribution >= 4 is 28.4 Å². The average Bonchev–Trinajstić information content (AvgIpc) is 3.13. The summed E-state index contributed by atoms with van der Waals surface area (Å²) >= 11 is 0. The molecule has 7 nitrogen and oxygen atoms in total. The second-order valence-electron chi connectivity index (χ2n) is 6.03. The van der Waals surface area contributed by atoms with Crippen molar-refractivity contribution in [2.45, 2.75) is 6.54 Å². The van der Waals surface area contributed by atoms with E-state index in [0.717, 1.165) is 28.1 Å². The molecule has 3 N–H and O–H groups in total. The van der Waals surface area contributed by atoms with Crippen molar-refractivity contribution in [3.8, 4) is 0 Å². The number of hydroxylamine groups is 1. The summed E-state index contributed by atoms with van der Waals surface area (Å²) < 4.78 is 2.02.